The van der Waals surface area contributed by atoms with Crippen LogP contribution in [0.1, 0.15) is 29.5 Å². The van der Waals surface area contributed by atoms with Gasteiger partial charge in [0.1, 0.15) is 5.82 Å². The van der Waals surface area contributed by atoms with Gasteiger partial charge in [0.05, 0.1) is 11.4 Å². The van der Waals surface area contributed by atoms with Crippen LogP contribution in [0.15, 0.2) is 42.7 Å². The Kier molecular flexibility index (Phi) is 3.81. The second-order valence-corrected chi connectivity index (χ2v) is 6.50. The van der Waals surface area contributed by atoms with Crippen molar-refractivity contribution in [3.8, 4) is 16.9 Å². The van der Waals surface area contributed by atoms with Gasteiger partial charge in [-0.15, -0.1) is 0 Å². The number of aromatic nitrogens is 3. The highest BCUT2D eigenvalue weighted by Crippen LogP contribution is 2.34. The van der Waals surface area contributed by atoms with E-state index in [1.165, 1.54) is 29.5 Å². The number of anilines is 1. The lowest BCUT2D eigenvalue weighted by atomic mass is 10.1. The zero-order valence-electron chi connectivity index (χ0n) is 14.2. The first kappa shape index (κ1) is 14.9. The lowest BCUT2D eigenvalue weighted by Crippen LogP contribution is -2.08. The Balaban J connectivity index is 1.93. The second kappa shape index (κ2) is 6.11. The van der Waals surface area contributed by atoms with Crippen LogP contribution in [0.5, 0.6) is 0 Å². The van der Waals surface area contributed by atoms with Crippen molar-refractivity contribution in [3.63, 3.8) is 0 Å². The monoisotopic (exact) mass is 318 g/mol. The van der Waals surface area contributed by atoms with Crippen LogP contribution in [0.4, 0.5) is 5.82 Å². The highest BCUT2D eigenvalue weighted by molar-refractivity contribution is 5.71. The van der Waals surface area contributed by atoms with Gasteiger partial charge in [-0.2, -0.15) is 5.10 Å². The van der Waals surface area contributed by atoms with Crippen molar-refractivity contribution in [1.82, 2.24) is 14.8 Å². The van der Waals surface area contributed by atoms with Gasteiger partial charge in [-0.1, -0.05) is 17.7 Å². The predicted octanol–water partition coefficient (Wildman–Crippen LogP) is 4.30. The molecule has 0 radical (unpaired) electrons. The van der Waals surface area contributed by atoms with Crippen LogP contribution >= 0.6 is 0 Å². The van der Waals surface area contributed by atoms with Crippen molar-refractivity contribution in [2.75, 3.05) is 11.9 Å². The molecule has 4 nitrogen and oxygen atoms in total. The summed E-state index contributed by atoms with van der Waals surface area (Å²) in [6.07, 6.45) is 7.14. The fourth-order valence-electron chi connectivity index (χ4n) is 3.45. The van der Waals surface area contributed by atoms with Crippen molar-refractivity contribution in [1.29, 1.82) is 0 Å². The molecule has 1 aliphatic rings. The Hall–Kier alpha value is -2.62. The van der Waals surface area contributed by atoms with Crippen molar-refractivity contribution in [3.05, 3.63) is 59.4 Å². The summed E-state index contributed by atoms with van der Waals surface area (Å²) in [4.78, 5) is 4.27. The Bertz CT molecular complexity index is 865. The van der Waals surface area contributed by atoms with E-state index in [1.807, 2.05) is 18.5 Å². The van der Waals surface area contributed by atoms with Crippen molar-refractivity contribution >= 4 is 5.82 Å². The maximum atomic E-state index is 4.98. The Labute approximate surface area is 142 Å². The van der Waals surface area contributed by atoms with E-state index in [9.17, 15) is 0 Å². The molecule has 1 aliphatic heterocycles. The largest absolute Gasteiger partial charge is 0.370 e. The number of benzene rings is 1. The molecule has 122 valence electrons. The van der Waals surface area contributed by atoms with E-state index in [4.69, 9.17) is 5.10 Å². The van der Waals surface area contributed by atoms with Gasteiger partial charge in [0.2, 0.25) is 0 Å². The standard InChI is InChI=1S/C20H22N4/c1-14-8-9-18(15(2)12-14)24-20-17(7-3-4-11-22-20)19(23-24)16-6-5-10-21-13-16/h5-6,8-10,12-13,22H,3-4,7,11H2,1-2H3. The molecule has 1 aromatic carbocycles. The maximum absolute atomic E-state index is 4.98. The fraction of sp³-hybridized carbons (Fsp3) is 0.300. The lowest BCUT2D eigenvalue weighted by molar-refractivity contribution is 0.779. The first-order valence-corrected chi connectivity index (χ1v) is 8.58. The average molecular weight is 318 g/mol. The number of nitrogens with one attached hydrogen (secondary N) is 1. The maximum Gasteiger partial charge on any atom is 0.133 e. The number of hydrogen-bond donors (Lipinski definition) is 1. The molecule has 3 heterocycles. The summed E-state index contributed by atoms with van der Waals surface area (Å²) < 4.78 is 2.08. The van der Waals surface area contributed by atoms with Crippen LogP contribution < -0.4 is 5.32 Å². The number of hydrogen-bond acceptors (Lipinski definition) is 3. The molecule has 24 heavy (non-hydrogen) atoms. The van der Waals surface area contributed by atoms with Crippen molar-refractivity contribution < 1.29 is 0 Å². The molecule has 0 saturated carbocycles. The van der Waals surface area contributed by atoms with Gasteiger partial charge in [0, 0.05) is 30.1 Å². The zero-order chi connectivity index (χ0) is 16.5. The molecule has 3 aromatic rings. The van der Waals surface area contributed by atoms with E-state index in [0.717, 1.165) is 35.7 Å². The molecule has 2 aromatic heterocycles. The molecular weight excluding hydrogens is 296 g/mol. The lowest BCUT2D eigenvalue weighted by Gasteiger charge is -2.12. The molecular formula is C20H22N4. The smallest absolute Gasteiger partial charge is 0.133 e. The van der Waals surface area contributed by atoms with Crippen LogP contribution in [0.3, 0.4) is 0 Å². The molecule has 0 aliphatic carbocycles. The van der Waals surface area contributed by atoms with Gasteiger partial charge in [-0.25, -0.2) is 4.68 Å². The predicted molar refractivity (Wildman–Crippen MR) is 97.7 cm³/mol. The number of rotatable bonds is 2. The summed E-state index contributed by atoms with van der Waals surface area (Å²) in [5, 5.41) is 8.58. The molecule has 4 rings (SSSR count). The van der Waals surface area contributed by atoms with Crippen molar-refractivity contribution in [2.24, 2.45) is 0 Å². The van der Waals surface area contributed by atoms with E-state index < -0.39 is 0 Å². The van der Waals surface area contributed by atoms with E-state index in [2.05, 4.69) is 53.1 Å². The van der Waals surface area contributed by atoms with Gasteiger partial charge in [0.15, 0.2) is 0 Å². The quantitative estimate of drug-likeness (QED) is 0.766. The first-order chi connectivity index (χ1) is 11.7. The Morgan fingerprint density at radius 3 is 2.83 bits per heavy atom. The Morgan fingerprint density at radius 1 is 1.12 bits per heavy atom. The molecule has 0 unspecified atom stereocenters. The van der Waals surface area contributed by atoms with Crippen LogP contribution in [0.2, 0.25) is 0 Å². The average Bonchev–Trinajstić information content (AvgIpc) is 2.78. The third-order valence-corrected chi connectivity index (χ3v) is 4.64. The molecule has 0 bridgehead atoms. The van der Waals surface area contributed by atoms with Crippen molar-refractivity contribution in [2.45, 2.75) is 33.1 Å². The molecule has 0 saturated heterocycles. The van der Waals surface area contributed by atoms with Gasteiger partial charge < -0.3 is 5.32 Å². The van der Waals surface area contributed by atoms with Gasteiger partial charge in [-0.05, 0) is 56.9 Å². The number of pyridine rings is 1. The van der Waals surface area contributed by atoms with Gasteiger partial charge in [-0.3, -0.25) is 4.98 Å². The summed E-state index contributed by atoms with van der Waals surface area (Å²) in [5.74, 6) is 1.14. The minimum atomic E-state index is 0.996. The molecule has 0 fully saturated rings. The van der Waals surface area contributed by atoms with Gasteiger partial charge >= 0.3 is 0 Å². The third kappa shape index (κ3) is 2.58. The number of aryl methyl sites for hydroxylation is 2. The Morgan fingerprint density at radius 2 is 2.04 bits per heavy atom. The van der Waals surface area contributed by atoms with Crippen LogP contribution in [-0.2, 0) is 6.42 Å². The van der Waals surface area contributed by atoms with Crippen LogP contribution in [0.25, 0.3) is 16.9 Å². The summed E-state index contributed by atoms with van der Waals surface area (Å²) in [5.41, 5.74) is 7.09. The topological polar surface area (TPSA) is 42.7 Å². The molecule has 0 amide bonds. The van der Waals surface area contributed by atoms with Gasteiger partial charge in [0.25, 0.3) is 0 Å². The van der Waals surface area contributed by atoms with E-state index >= 15 is 0 Å². The molecule has 0 spiro atoms. The second-order valence-electron chi connectivity index (χ2n) is 6.50. The molecule has 0 atom stereocenters. The first-order valence-electron chi connectivity index (χ1n) is 8.58. The fourth-order valence-corrected chi connectivity index (χ4v) is 3.45. The minimum absolute atomic E-state index is 0.996. The number of nitrogens with zero attached hydrogens (tertiary/aromatic N) is 3. The SMILES string of the molecule is Cc1ccc(-n2nc(-c3cccnc3)c3c2NCCCC3)c(C)c1. The molecule has 1 N–H and O–H groups in total. The minimum Gasteiger partial charge on any atom is -0.370 e. The highest BCUT2D eigenvalue weighted by Gasteiger charge is 2.22. The summed E-state index contributed by atoms with van der Waals surface area (Å²) in [7, 11) is 0. The summed E-state index contributed by atoms with van der Waals surface area (Å²) in [6.45, 7) is 5.27. The highest BCUT2D eigenvalue weighted by atomic mass is 15.3. The van der Waals surface area contributed by atoms with E-state index in [-0.39, 0.29) is 0 Å². The summed E-state index contributed by atoms with van der Waals surface area (Å²) >= 11 is 0. The van der Waals surface area contributed by atoms with Crippen LogP contribution in [-0.4, -0.2) is 21.3 Å². The summed E-state index contributed by atoms with van der Waals surface area (Å²) in [6, 6.07) is 10.6. The third-order valence-electron chi connectivity index (χ3n) is 4.64. The number of fused-ring (bicyclic) bond motifs is 1. The zero-order valence-corrected chi connectivity index (χ0v) is 14.2. The molecule has 4 heteroatoms. The van der Waals surface area contributed by atoms with E-state index in [0.29, 0.717) is 0 Å². The van der Waals surface area contributed by atoms with E-state index in [1.54, 1.807) is 0 Å². The van der Waals surface area contributed by atoms with Crippen LogP contribution in [0, 0.1) is 13.8 Å². The normalized spacial score (nSPS) is 13.9.